The number of hydrogen-bond donors (Lipinski definition) is 0. The van der Waals surface area contributed by atoms with Crippen molar-refractivity contribution in [3.8, 4) is 0 Å². The molecular weight excluding hydrogens is 310 g/mol. The first kappa shape index (κ1) is 14.8. The monoisotopic (exact) mass is 331 g/mol. The van der Waals surface area contributed by atoms with Gasteiger partial charge in [0.25, 0.3) is 0 Å². The molecule has 1 amide bonds. The lowest BCUT2D eigenvalue weighted by Crippen LogP contribution is -2.50. The minimum Gasteiger partial charge on any atom is -0.337 e. The smallest absolute Gasteiger partial charge is 0.239 e. The average Bonchev–Trinajstić information content (AvgIpc) is 3.19. The van der Waals surface area contributed by atoms with E-state index in [1.54, 1.807) is 11.3 Å². The summed E-state index contributed by atoms with van der Waals surface area (Å²) in [6, 6.07) is 2.04. The van der Waals surface area contributed by atoms with Gasteiger partial charge in [0.05, 0.1) is 12.6 Å². The van der Waals surface area contributed by atoms with Crippen LogP contribution in [0, 0.1) is 6.92 Å². The van der Waals surface area contributed by atoms with Gasteiger partial charge in [0.1, 0.15) is 11.6 Å². The van der Waals surface area contributed by atoms with Gasteiger partial charge in [0.2, 0.25) is 5.91 Å². The highest BCUT2D eigenvalue weighted by Gasteiger charge is 2.31. The maximum absolute atomic E-state index is 12.9. The van der Waals surface area contributed by atoms with Crippen LogP contribution in [0.5, 0.6) is 0 Å². The highest BCUT2D eigenvalue weighted by Crippen LogP contribution is 2.25. The Bertz CT molecular complexity index is 737. The topological polar surface area (TPSA) is 54.3 Å². The number of aryl methyl sites for hydroxylation is 1. The largest absolute Gasteiger partial charge is 0.337 e. The van der Waals surface area contributed by atoms with Gasteiger partial charge in [-0.3, -0.25) is 9.69 Å². The Morgan fingerprint density at radius 1 is 1.26 bits per heavy atom. The van der Waals surface area contributed by atoms with Crippen LogP contribution >= 0.6 is 11.3 Å². The SMILES string of the molecule is Cc1nnc2n1CCN(C(C)C(=O)N1CCc3sccc3C1)C2. The second kappa shape index (κ2) is 5.72. The quantitative estimate of drug-likeness (QED) is 0.835. The van der Waals surface area contributed by atoms with Gasteiger partial charge in [-0.15, -0.1) is 21.5 Å². The van der Waals surface area contributed by atoms with Crippen LogP contribution in [0.3, 0.4) is 0 Å². The minimum absolute atomic E-state index is 0.110. The lowest BCUT2D eigenvalue weighted by atomic mass is 10.1. The maximum Gasteiger partial charge on any atom is 0.239 e. The van der Waals surface area contributed by atoms with E-state index < -0.39 is 0 Å². The van der Waals surface area contributed by atoms with E-state index >= 15 is 0 Å². The number of nitrogens with zero attached hydrogens (tertiary/aromatic N) is 5. The van der Waals surface area contributed by atoms with Crippen molar-refractivity contribution in [2.24, 2.45) is 0 Å². The molecule has 2 aromatic rings. The van der Waals surface area contributed by atoms with Crippen LogP contribution in [-0.4, -0.2) is 49.6 Å². The molecule has 2 aliphatic heterocycles. The summed E-state index contributed by atoms with van der Waals surface area (Å²) >= 11 is 1.80. The Kier molecular flexibility index (Phi) is 3.69. The van der Waals surface area contributed by atoms with Gasteiger partial charge in [0.15, 0.2) is 0 Å². The molecule has 0 saturated heterocycles. The van der Waals surface area contributed by atoms with Crippen molar-refractivity contribution in [2.75, 3.05) is 13.1 Å². The molecular formula is C16H21N5OS. The average molecular weight is 331 g/mol. The van der Waals surface area contributed by atoms with Crippen LogP contribution in [0.15, 0.2) is 11.4 Å². The van der Waals surface area contributed by atoms with Gasteiger partial charge >= 0.3 is 0 Å². The molecule has 0 aromatic carbocycles. The molecule has 0 fully saturated rings. The fraction of sp³-hybridized carbons (Fsp3) is 0.562. The third kappa shape index (κ3) is 2.57. The van der Waals surface area contributed by atoms with E-state index in [1.807, 2.05) is 18.7 Å². The number of fused-ring (bicyclic) bond motifs is 2. The maximum atomic E-state index is 12.9. The summed E-state index contributed by atoms with van der Waals surface area (Å²) in [6.45, 7) is 8.02. The Morgan fingerprint density at radius 3 is 3.00 bits per heavy atom. The van der Waals surface area contributed by atoms with Crippen LogP contribution in [0.4, 0.5) is 0 Å². The molecule has 0 spiro atoms. The molecule has 0 saturated carbocycles. The Hall–Kier alpha value is -1.73. The van der Waals surface area contributed by atoms with Crippen LogP contribution in [-0.2, 0) is 30.8 Å². The Labute approximate surface area is 139 Å². The Balaban J connectivity index is 1.45. The normalized spacial score (nSPS) is 19.3. The number of amides is 1. The van der Waals surface area contributed by atoms with E-state index in [0.717, 1.165) is 44.2 Å². The van der Waals surface area contributed by atoms with E-state index in [1.165, 1.54) is 10.4 Å². The number of carbonyl (C=O) groups is 1. The van der Waals surface area contributed by atoms with Crippen LogP contribution in [0.25, 0.3) is 0 Å². The number of hydrogen-bond acceptors (Lipinski definition) is 5. The molecule has 1 unspecified atom stereocenters. The van der Waals surface area contributed by atoms with Gasteiger partial charge in [-0.2, -0.15) is 0 Å². The van der Waals surface area contributed by atoms with E-state index in [2.05, 4.69) is 31.1 Å². The third-order valence-corrected chi connectivity index (χ3v) is 6.02. The van der Waals surface area contributed by atoms with E-state index in [-0.39, 0.29) is 11.9 Å². The van der Waals surface area contributed by atoms with Crippen LogP contribution < -0.4 is 0 Å². The van der Waals surface area contributed by atoms with Crippen LogP contribution in [0.1, 0.15) is 29.0 Å². The summed E-state index contributed by atoms with van der Waals surface area (Å²) in [6.07, 6.45) is 0.985. The van der Waals surface area contributed by atoms with E-state index in [4.69, 9.17) is 0 Å². The minimum atomic E-state index is -0.110. The second-order valence-electron chi connectivity index (χ2n) is 6.34. The zero-order chi connectivity index (χ0) is 16.0. The summed E-state index contributed by atoms with van der Waals surface area (Å²) in [4.78, 5) is 18.5. The predicted molar refractivity (Wildman–Crippen MR) is 88.1 cm³/mol. The van der Waals surface area contributed by atoms with E-state index in [9.17, 15) is 4.79 Å². The van der Waals surface area contributed by atoms with Crippen LogP contribution in [0.2, 0.25) is 0 Å². The molecule has 7 heteroatoms. The highest BCUT2D eigenvalue weighted by molar-refractivity contribution is 7.10. The molecule has 4 rings (SSSR count). The standard InChI is InChI=1S/C16H21N5OS/c1-11(19-6-7-21-12(2)17-18-15(21)10-19)16(22)20-5-3-14-13(9-20)4-8-23-14/h4,8,11H,3,5-7,9-10H2,1-2H3. The predicted octanol–water partition coefficient (Wildman–Crippen LogP) is 1.44. The van der Waals surface area contributed by atoms with Crippen molar-refractivity contribution in [3.63, 3.8) is 0 Å². The van der Waals surface area contributed by atoms with Crippen molar-refractivity contribution in [1.29, 1.82) is 0 Å². The first-order valence-electron chi connectivity index (χ1n) is 8.10. The molecule has 0 radical (unpaired) electrons. The zero-order valence-electron chi connectivity index (χ0n) is 13.5. The van der Waals surface area contributed by atoms with E-state index in [0.29, 0.717) is 6.54 Å². The fourth-order valence-electron chi connectivity index (χ4n) is 3.51. The van der Waals surface area contributed by atoms with Crippen molar-refractivity contribution >= 4 is 17.2 Å². The molecule has 4 heterocycles. The van der Waals surface area contributed by atoms with Crippen molar-refractivity contribution in [1.82, 2.24) is 24.6 Å². The Morgan fingerprint density at radius 2 is 2.13 bits per heavy atom. The summed E-state index contributed by atoms with van der Waals surface area (Å²) in [5.74, 6) is 2.15. The number of rotatable bonds is 2. The lowest BCUT2D eigenvalue weighted by molar-refractivity contribution is -0.138. The summed E-state index contributed by atoms with van der Waals surface area (Å²) in [5, 5.41) is 10.5. The van der Waals surface area contributed by atoms with Gasteiger partial charge < -0.3 is 9.47 Å². The molecule has 0 bridgehead atoms. The van der Waals surface area contributed by atoms with Gasteiger partial charge in [-0.1, -0.05) is 0 Å². The molecule has 122 valence electrons. The first-order valence-corrected chi connectivity index (χ1v) is 8.98. The third-order valence-electron chi connectivity index (χ3n) is 4.99. The number of aromatic nitrogens is 3. The number of thiophene rings is 1. The van der Waals surface area contributed by atoms with Gasteiger partial charge in [-0.05, 0) is 37.3 Å². The molecule has 6 nitrogen and oxygen atoms in total. The zero-order valence-corrected chi connectivity index (χ0v) is 14.3. The molecule has 0 N–H and O–H groups in total. The molecule has 2 aromatic heterocycles. The first-order chi connectivity index (χ1) is 11.1. The number of carbonyl (C=O) groups excluding carboxylic acids is 1. The molecule has 2 aliphatic rings. The van der Waals surface area contributed by atoms with Crippen molar-refractivity contribution in [3.05, 3.63) is 33.5 Å². The van der Waals surface area contributed by atoms with Gasteiger partial charge in [-0.25, -0.2) is 0 Å². The molecule has 0 aliphatic carbocycles. The molecule has 23 heavy (non-hydrogen) atoms. The summed E-state index contributed by atoms with van der Waals surface area (Å²) in [5.41, 5.74) is 1.32. The highest BCUT2D eigenvalue weighted by atomic mass is 32.1. The summed E-state index contributed by atoms with van der Waals surface area (Å²) in [7, 11) is 0. The second-order valence-corrected chi connectivity index (χ2v) is 7.34. The fourth-order valence-corrected chi connectivity index (χ4v) is 4.40. The van der Waals surface area contributed by atoms with Crippen molar-refractivity contribution < 1.29 is 4.79 Å². The van der Waals surface area contributed by atoms with Gasteiger partial charge in [0, 0.05) is 31.1 Å². The lowest BCUT2D eigenvalue weighted by Gasteiger charge is -2.36. The van der Waals surface area contributed by atoms with Crippen molar-refractivity contribution in [2.45, 2.75) is 45.9 Å². The summed E-state index contributed by atoms with van der Waals surface area (Å²) < 4.78 is 2.15. The molecule has 1 atom stereocenters.